The molecular weight excluding hydrogens is 480 g/mol. The van der Waals surface area contributed by atoms with Crippen molar-refractivity contribution in [3.63, 3.8) is 0 Å². The van der Waals surface area contributed by atoms with Crippen LogP contribution in [0.2, 0.25) is 0 Å². The Morgan fingerprint density at radius 1 is 0.684 bits per heavy atom. The SMILES string of the molecule is CCCCCCCCCCCCCCCC(=O)C[C@@H](CCC(=O)NCCCC[C@H](CNC)C(C)=O)C(=O)O. The first-order valence-electron chi connectivity index (χ1n) is 15.5. The van der Waals surface area contributed by atoms with E-state index in [1.165, 1.54) is 64.2 Å². The zero-order valence-electron chi connectivity index (χ0n) is 24.8. The van der Waals surface area contributed by atoms with Crippen LogP contribution in [0.15, 0.2) is 0 Å². The second-order valence-corrected chi connectivity index (χ2v) is 11.0. The quantitative estimate of drug-likeness (QED) is 0.0965. The molecule has 2 atom stereocenters. The fraction of sp³-hybridized carbons (Fsp3) is 0.871. The van der Waals surface area contributed by atoms with E-state index in [1.807, 2.05) is 7.05 Å². The van der Waals surface area contributed by atoms with Crippen molar-refractivity contribution in [2.24, 2.45) is 11.8 Å². The molecule has 0 radical (unpaired) electrons. The van der Waals surface area contributed by atoms with Crippen LogP contribution in [0.3, 0.4) is 0 Å². The highest BCUT2D eigenvalue weighted by Crippen LogP contribution is 2.17. The maximum atomic E-state index is 12.3. The number of carboxylic acid groups (broad SMARTS) is 1. The average Bonchev–Trinajstić information content (AvgIpc) is 2.88. The first-order valence-corrected chi connectivity index (χ1v) is 15.5. The molecule has 0 saturated heterocycles. The van der Waals surface area contributed by atoms with Gasteiger partial charge in [0.05, 0.1) is 5.92 Å². The topological polar surface area (TPSA) is 113 Å². The number of amides is 1. The van der Waals surface area contributed by atoms with Crippen molar-refractivity contribution < 1.29 is 24.3 Å². The second kappa shape index (κ2) is 25.5. The molecule has 222 valence electrons. The Bertz CT molecular complexity index is 638. The number of aliphatic carboxylic acids is 1. The molecule has 0 saturated carbocycles. The minimum absolute atomic E-state index is 0.00396. The molecule has 38 heavy (non-hydrogen) atoms. The van der Waals surface area contributed by atoms with E-state index in [0.717, 1.165) is 38.5 Å². The van der Waals surface area contributed by atoms with Crippen molar-refractivity contribution in [2.45, 2.75) is 142 Å². The monoisotopic (exact) mass is 538 g/mol. The van der Waals surface area contributed by atoms with Crippen LogP contribution in [-0.4, -0.2) is 48.7 Å². The minimum Gasteiger partial charge on any atom is -0.481 e. The predicted octanol–water partition coefficient (Wildman–Crippen LogP) is 6.62. The van der Waals surface area contributed by atoms with Crippen molar-refractivity contribution in [1.82, 2.24) is 10.6 Å². The number of nitrogens with one attached hydrogen (secondary N) is 2. The van der Waals surface area contributed by atoms with Crippen LogP contribution in [0.25, 0.3) is 0 Å². The second-order valence-electron chi connectivity index (χ2n) is 11.0. The maximum Gasteiger partial charge on any atom is 0.306 e. The minimum atomic E-state index is -1.00. The van der Waals surface area contributed by atoms with Crippen molar-refractivity contribution in [3.05, 3.63) is 0 Å². The number of carbonyl (C=O) groups excluding carboxylic acids is 3. The Morgan fingerprint density at radius 2 is 1.24 bits per heavy atom. The van der Waals surface area contributed by atoms with E-state index >= 15 is 0 Å². The molecule has 1 amide bonds. The van der Waals surface area contributed by atoms with Crippen LogP contribution in [0.4, 0.5) is 0 Å². The van der Waals surface area contributed by atoms with Gasteiger partial charge in [0, 0.05) is 38.3 Å². The standard InChI is InChI=1S/C31H58N2O5/c1-4-5-6-7-8-9-10-11-12-13-14-15-16-20-29(35)24-27(31(37)38)21-22-30(36)33-23-18-17-19-28(25-32-3)26(2)34/h27-28,32H,4-25H2,1-3H3,(H,33,36)(H,37,38)/t27-,28-/m1/s1. The molecule has 0 unspecified atom stereocenters. The van der Waals surface area contributed by atoms with E-state index in [0.29, 0.717) is 19.5 Å². The summed E-state index contributed by atoms with van der Waals surface area (Å²) in [6.07, 6.45) is 19.4. The molecule has 0 spiro atoms. The van der Waals surface area contributed by atoms with Gasteiger partial charge in [-0.2, -0.15) is 0 Å². The highest BCUT2D eigenvalue weighted by atomic mass is 16.4. The number of hydrogen-bond acceptors (Lipinski definition) is 5. The van der Waals surface area contributed by atoms with Gasteiger partial charge in [0.2, 0.25) is 5.91 Å². The van der Waals surface area contributed by atoms with Gasteiger partial charge in [-0.1, -0.05) is 90.4 Å². The fourth-order valence-electron chi connectivity index (χ4n) is 4.86. The van der Waals surface area contributed by atoms with Crippen LogP contribution < -0.4 is 10.6 Å². The van der Waals surface area contributed by atoms with Gasteiger partial charge in [-0.05, 0) is 39.7 Å². The number of Topliss-reactive ketones (excluding diaryl/α,β-unsaturated/α-hetero) is 2. The molecule has 3 N–H and O–H groups in total. The van der Waals surface area contributed by atoms with Crippen LogP contribution in [-0.2, 0) is 19.2 Å². The molecule has 0 fully saturated rings. The van der Waals surface area contributed by atoms with E-state index in [9.17, 15) is 24.3 Å². The van der Waals surface area contributed by atoms with Gasteiger partial charge in [0.1, 0.15) is 11.6 Å². The van der Waals surface area contributed by atoms with E-state index in [1.54, 1.807) is 6.92 Å². The lowest BCUT2D eigenvalue weighted by molar-refractivity contribution is -0.144. The molecule has 0 aliphatic carbocycles. The molecule has 0 aromatic carbocycles. The van der Waals surface area contributed by atoms with Crippen molar-refractivity contribution in [1.29, 1.82) is 0 Å². The Morgan fingerprint density at radius 3 is 1.74 bits per heavy atom. The summed E-state index contributed by atoms with van der Waals surface area (Å²) in [5.74, 6) is -1.82. The van der Waals surface area contributed by atoms with Crippen molar-refractivity contribution >= 4 is 23.4 Å². The van der Waals surface area contributed by atoms with Crippen LogP contribution in [0.1, 0.15) is 142 Å². The lowest BCUT2D eigenvalue weighted by Gasteiger charge is -2.13. The Balaban J connectivity index is 3.85. The van der Waals surface area contributed by atoms with Gasteiger partial charge in [0.25, 0.3) is 0 Å². The van der Waals surface area contributed by atoms with E-state index < -0.39 is 11.9 Å². The number of ketones is 2. The van der Waals surface area contributed by atoms with E-state index in [-0.39, 0.29) is 42.7 Å². The summed E-state index contributed by atoms with van der Waals surface area (Å²) in [7, 11) is 1.83. The summed E-state index contributed by atoms with van der Waals surface area (Å²) in [5.41, 5.74) is 0. The summed E-state index contributed by atoms with van der Waals surface area (Å²) in [6.45, 7) is 5.03. The fourth-order valence-corrected chi connectivity index (χ4v) is 4.86. The molecule has 0 heterocycles. The van der Waals surface area contributed by atoms with Crippen LogP contribution in [0, 0.1) is 11.8 Å². The lowest BCUT2D eigenvalue weighted by atomic mass is 9.94. The number of rotatable bonds is 28. The molecule has 0 rings (SSSR count). The molecule has 0 aliphatic heterocycles. The zero-order chi connectivity index (χ0) is 28.4. The summed E-state index contributed by atoms with van der Waals surface area (Å²) in [6, 6.07) is 0. The van der Waals surface area contributed by atoms with Gasteiger partial charge in [0.15, 0.2) is 0 Å². The Kier molecular flexibility index (Phi) is 24.3. The number of carbonyl (C=O) groups is 4. The van der Waals surface area contributed by atoms with Crippen LogP contribution >= 0.6 is 0 Å². The first kappa shape index (κ1) is 36.2. The zero-order valence-corrected chi connectivity index (χ0v) is 24.8. The average molecular weight is 539 g/mol. The molecule has 0 aliphatic rings. The smallest absolute Gasteiger partial charge is 0.306 e. The molecule has 0 aromatic heterocycles. The normalized spacial score (nSPS) is 12.7. The molecule has 0 bridgehead atoms. The van der Waals surface area contributed by atoms with Gasteiger partial charge in [-0.3, -0.25) is 19.2 Å². The summed E-state index contributed by atoms with van der Waals surface area (Å²) in [4.78, 5) is 47.6. The van der Waals surface area contributed by atoms with Gasteiger partial charge >= 0.3 is 5.97 Å². The first-order chi connectivity index (χ1) is 18.3. The van der Waals surface area contributed by atoms with Gasteiger partial charge in [-0.25, -0.2) is 0 Å². The van der Waals surface area contributed by atoms with Crippen LogP contribution in [0.5, 0.6) is 0 Å². The predicted molar refractivity (Wildman–Crippen MR) is 155 cm³/mol. The number of unbranched alkanes of at least 4 members (excludes halogenated alkanes) is 13. The van der Waals surface area contributed by atoms with Gasteiger partial charge in [-0.15, -0.1) is 0 Å². The molecular formula is C31H58N2O5. The maximum absolute atomic E-state index is 12.3. The van der Waals surface area contributed by atoms with E-state index in [4.69, 9.17) is 0 Å². The summed E-state index contributed by atoms with van der Waals surface area (Å²) >= 11 is 0. The number of hydrogen-bond donors (Lipinski definition) is 3. The van der Waals surface area contributed by atoms with E-state index in [2.05, 4.69) is 17.6 Å². The van der Waals surface area contributed by atoms with Crippen molar-refractivity contribution in [2.75, 3.05) is 20.1 Å². The largest absolute Gasteiger partial charge is 0.481 e. The third-order valence-electron chi connectivity index (χ3n) is 7.43. The highest BCUT2D eigenvalue weighted by Gasteiger charge is 2.22. The summed E-state index contributed by atoms with van der Waals surface area (Å²) in [5, 5.41) is 15.3. The highest BCUT2D eigenvalue weighted by molar-refractivity contribution is 5.84. The third kappa shape index (κ3) is 22.2. The summed E-state index contributed by atoms with van der Waals surface area (Å²) < 4.78 is 0. The number of carboxylic acids is 1. The molecule has 7 nitrogen and oxygen atoms in total. The Labute approximate surface area is 232 Å². The molecule has 0 aromatic rings. The van der Waals surface area contributed by atoms with Gasteiger partial charge < -0.3 is 15.7 Å². The lowest BCUT2D eigenvalue weighted by Crippen LogP contribution is -2.27. The molecule has 7 heteroatoms. The van der Waals surface area contributed by atoms with Crippen molar-refractivity contribution in [3.8, 4) is 0 Å². The third-order valence-corrected chi connectivity index (χ3v) is 7.43. The Hall–Kier alpha value is -1.76.